The van der Waals surface area contributed by atoms with E-state index in [-0.39, 0.29) is 12.6 Å². The van der Waals surface area contributed by atoms with Gasteiger partial charge in [-0.15, -0.1) is 0 Å². The molecule has 0 saturated heterocycles. The van der Waals surface area contributed by atoms with Crippen LogP contribution in [0.4, 0.5) is 0 Å². The number of hydrogen-bond donors (Lipinski definition) is 1. The van der Waals surface area contributed by atoms with Gasteiger partial charge in [-0.05, 0) is 6.20 Å². The van der Waals surface area contributed by atoms with Gasteiger partial charge in [-0.2, -0.15) is 0 Å². The Hall–Kier alpha value is -2.23. The quantitative estimate of drug-likeness (QED) is 0.889. The summed E-state index contributed by atoms with van der Waals surface area (Å²) in [5, 5.41) is 8.59. The van der Waals surface area contributed by atoms with Crippen LogP contribution < -0.4 is 0 Å². The molecule has 96 valence electrons. The summed E-state index contributed by atoms with van der Waals surface area (Å²) in [4.78, 5) is 14.1. The van der Waals surface area contributed by atoms with E-state index in [1.54, 1.807) is 17.3 Å². The van der Waals surface area contributed by atoms with E-state index in [0.29, 0.717) is 0 Å². The number of carbonyl (C=O) groups is 1. The van der Waals surface area contributed by atoms with Crippen molar-refractivity contribution in [3.05, 3.63) is 61.6 Å². The molecular formula is C14H18N2O2. The second-order valence-electron chi connectivity index (χ2n) is 3.83. The molecule has 1 atom stereocenters. The maximum Gasteiger partial charge on any atom is 0.307 e. The summed E-state index contributed by atoms with van der Waals surface area (Å²) in [5.74, 6) is -0.803. The summed E-state index contributed by atoms with van der Waals surface area (Å²) >= 11 is 0. The van der Waals surface area contributed by atoms with Crippen LogP contribution in [0.3, 0.4) is 0 Å². The molecule has 1 unspecified atom stereocenters. The molecule has 0 aromatic heterocycles. The molecule has 1 aromatic carbocycles. The van der Waals surface area contributed by atoms with E-state index >= 15 is 0 Å². The fourth-order valence-electron chi connectivity index (χ4n) is 1.56. The Balaban J connectivity index is 0.000000225. The van der Waals surface area contributed by atoms with Gasteiger partial charge in [0.05, 0.1) is 6.42 Å². The van der Waals surface area contributed by atoms with E-state index in [4.69, 9.17) is 5.11 Å². The normalized spacial score (nSPS) is 17.1. The first-order chi connectivity index (χ1) is 8.65. The van der Waals surface area contributed by atoms with Crippen molar-refractivity contribution in [2.45, 2.75) is 12.6 Å². The number of carboxylic acids is 1. The molecule has 2 rings (SSSR count). The zero-order chi connectivity index (χ0) is 13.4. The molecule has 1 N–H and O–H groups in total. The fraction of sp³-hybridized carbons (Fsp3) is 0.214. The molecule has 0 fully saturated rings. The third kappa shape index (κ3) is 4.33. The zero-order valence-corrected chi connectivity index (χ0v) is 10.4. The number of benzene rings is 1. The van der Waals surface area contributed by atoms with E-state index in [0.717, 1.165) is 0 Å². The van der Waals surface area contributed by atoms with Crippen molar-refractivity contribution in [1.29, 1.82) is 0 Å². The Morgan fingerprint density at radius 2 is 1.72 bits per heavy atom. The molecule has 1 heterocycles. The predicted molar refractivity (Wildman–Crippen MR) is 71.4 cm³/mol. The monoisotopic (exact) mass is 246 g/mol. The predicted octanol–water partition coefficient (Wildman–Crippen LogP) is 2.34. The highest BCUT2D eigenvalue weighted by Crippen LogP contribution is 2.16. The molecule has 0 bridgehead atoms. The molecule has 4 nitrogen and oxygen atoms in total. The average Bonchev–Trinajstić information content (AvgIpc) is 2.73. The lowest BCUT2D eigenvalue weighted by molar-refractivity contribution is -0.138. The highest BCUT2D eigenvalue weighted by Gasteiger charge is 2.23. The zero-order valence-electron chi connectivity index (χ0n) is 10.4. The molecule has 18 heavy (non-hydrogen) atoms. The van der Waals surface area contributed by atoms with Gasteiger partial charge in [0.15, 0.2) is 0 Å². The molecule has 0 spiro atoms. The van der Waals surface area contributed by atoms with Crippen molar-refractivity contribution in [3.8, 4) is 0 Å². The van der Waals surface area contributed by atoms with E-state index in [1.807, 2.05) is 54.5 Å². The minimum Gasteiger partial charge on any atom is -0.481 e. The number of aliphatic carboxylic acids is 1. The Kier molecular flexibility index (Phi) is 5.51. The Labute approximate surface area is 107 Å². The third-order valence-corrected chi connectivity index (χ3v) is 2.52. The smallest absolute Gasteiger partial charge is 0.307 e. The minimum absolute atomic E-state index is 0.0928. The SMILES string of the molecule is C=CN1C=CN(C)C1CC(=O)O.c1ccccc1. The third-order valence-electron chi connectivity index (χ3n) is 2.52. The lowest BCUT2D eigenvalue weighted by Gasteiger charge is -2.25. The topological polar surface area (TPSA) is 43.8 Å². The first-order valence-corrected chi connectivity index (χ1v) is 5.67. The van der Waals surface area contributed by atoms with Crippen molar-refractivity contribution in [1.82, 2.24) is 9.80 Å². The van der Waals surface area contributed by atoms with Crippen molar-refractivity contribution in [2.75, 3.05) is 7.05 Å². The van der Waals surface area contributed by atoms with Gasteiger partial charge in [-0.25, -0.2) is 0 Å². The molecule has 1 aromatic rings. The summed E-state index contributed by atoms with van der Waals surface area (Å²) in [6, 6.07) is 12.0. The van der Waals surface area contributed by atoms with E-state index < -0.39 is 5.97 Å². The molecule has 4 heteroatoms. The van der Waals surface area contributed by atoms with Crippen LogP contribution in [-0.2, 0) is 4.79 Å². The molecule has 0 saturated carbocycles. The highest BCUT2D eigenvalue weighted by molar-refractivity contribution is 5.67. The van der Waals surface area contributed by atoms with Gasteiger partial charge in [0, 0.05) is 19.4 Å². The first kappa shape index (κ1) is 13.8. The summed E-state index contributed by atoms with van der Waals surface area (Å²) in [7, 11) is 1.84. The van der Waals surface area contributed by atoms with Gasteiger partial charge in [-0.1, -0.05) is 43.0 Å². The van der Waals surface area contributed by atoms with E-state index in [2.05, 4.69) is 6.58 Å². The van der Waals surface area contributed by atoms with Crippen molar-refractivity contribution in [2.24, 2.45) is 0 Å². The van der Waals surface area contributed by atoms with Crippen LogP contribution in [0.25, 0.3) is 0 Å². The van der Waals surface area contributed by atoms with Crippen LogP contribution in [-0.4, -0.2) is 34.1 Å². The lowest BCUT2D eigenvalue weighted by atomic mass is 10.3. The number of carboxylic acid groups (broad SMARTS) is 1. The lowest BCUT2D eigenvalue weighted by Crippen LogP contribution is -2.35. The van der Waals surface area contributed by atoms with Crippen LogP contribution in [0.2, 0.25) is 0 Å². The van der Waals surface area contributed by atoms with Crippen LogP contribution in [0.5, 0.6) is 0 Å². The second-order valence-corrected chi connectivity index (χ2v) is 3.83. The van der Waals surface area contributed by atoms with Gasteiger partial charge in [0.1, 0.15) is 6.17 Å². The summed E-state index contributed by atoms with van der Waals surface area (Å²) in [5.41, 5.74) is 0. The van der Waals surface area contributed by atoms with Gasteiger partial charge >= 0.3 is 5.97 Å². The number of rotatable bonds is 3. The van der Waals surface area contributed by atoms with Crippen molar-refractivity contribution >= 4 is 5.97 Å². The summed E-state index contributed by atoms with van der Waals surface area (Å²) < 4.78 is 0. The maximum absolute atomic E-state index is 10.4. The molecule has 1 aliphatic rings. The van der Waals surface area contributed by atoms with Crippen molar-refractivity contribution < 1.29 is 9.90 Å². The Morgan fingerprint density at radius 3 is 2.11 bits per heavy atom. The molecule has 0 aliphatic carbocycles. The van der Waals surface area contributed by atoms with Gasteiger partial charge in [0.25, 0.3) is 0 Å². The van der Waals surface area contributed by atoms with E-state index in [1.165, 1.54) is 0 Å². The first-order valence-electron chi connectivity index (χ1n) is 5.67. The molecule has 0 amide bonds. The fourth-order valence-corrected chi connectivity index (χ4v) is 1.56. The highest BCUT2D eigenvalue weighted by atomic mass is 16.4. The number of nitrogens with zero attached hydrogens (tertiary/aromatic N) is 2. The van der Waals surface area contributed by atoms with Crippen LogP contribution in [0.1, 0.15) is 6.42 Å². The van der Waals surface area contributed by atoms with Crippen LogP contribution in [0, 0.1) is 0 Å². The van der Waals surface area contributed by atoms with Crippen LogP contribution >= 0.6 is 0 Å². The standard InChI is InChI=1S/C8H12N2O2.C6H6/c1-3-10-5-4-9(2)7(10)6-8(11)12;1-2-4-6-5-3-1/h3-5,7H,1,6H2,2H3,(H,11,12);1-6H. The van der Waals surface area contributed by atoms with Crippen molar-refractivity contribution in [3.63, 3.8) is 0 Å². The maximum atomic E-state index is 10.4. The molecule has 1 aliphatic heterocycles. The Bertz CT molecular complexity index is 377. The van der Waals surface area contributed by atoms with Crippen LogP contribution in [0.15, 0.2) is 61.6 Å². The number of hydrogen-bond acceptors (Lipinski definition) is 3. The molecular weight excluding hydrogens is 228 g/mol. The van der Waals surface area contributed by atoms with Gasteiger partial charge < -0.3 is 14.9 Å². The van der Waals surface area contributed by atoms with Gasteiger partial charge in [0.2, 0.25) is 0 Å². The Morgan fingerprint density at radius 1 is 1.22 bits per heavy atom. The average molecular weight is 246 g/mol. The molecule has 0 radical (unpaired) electrons. The minimum atomic E-state index is -0.803. The second kappa shape index (κ2) is 7.17. The van der Waals surface area contributed by atoms with E-state index in [9.17, 15) is 4.79 Å². The summed E-state index contributed by atoms with van der Waals surface area (Å²) in [6.07, 6.45) is 5.22. The summed E-state index contributed by atoms with van der Waals surface area (Å²) in [6.45, 7) is 3.59. The largest absolute Gasteiger partial charge is 0.481 e. The van der Waals surface area contributed by atoms with Gasteiger partial charge in [-0.3, -0.25) is 4.79 Å².